The van der Waals surface area contributed by atoms with Crippen LogP contribution in [0.1, 0.15) is 34.0 Å². The minimum Gasteiger partial charge on any atom is -0.492 e. The summed E-state index contributed by atoms with van der Waals surface area (Å²) in [5, 5.41) is 1.22. The van der Waals surface area contributed by atoms with Gasteiger partial charge in [-0.1, -0.05) is 62.9 Å². The van der Waals surface area contributed by atoms with E-state index in [0.29, 0.717) is 22.4 Å². The van der Waals surface area contributed by atoms with E-state index in [2.05, 4.69) is 48.0 Å². The van der Waals surface area contributed by atoms with Crippen molar-refractivity contribution < 1.29 is 4.74 Å². The van der Waals surface area contributed by atoms with Crippen LogP contribution in [0, 0.1) is 13.8 Å². The molecule has 0 N–H and O–H groups in total. The summed E-state index contributed by atoms with van der Waals surface area (Å²) in [7, 11) is 0. The smallest absolute Gasteiger partial charge is 0.139 e. The van der Waals surface area contributed by atoms with Crippen molar-refractivity contribution in [3.8, 4) is 5.75 Å². The Morgan fingerprint density at radius 3 is 2.43 bits per heavy atom. The van der Waals surface area contributed by atoms with Crippen molar-refractivity contribution >= 4 is 39.1 Å². The summed E-state index contributed by atoms with van der Waals surface area (Å²) in [4.78, 5) is -0.00178. The number of benzene rings is 2. The first-order chi connectivity index (χ1) is 9.93. The van der Waals surface area contributed by atoms with Gasteiger partial charge in [0, 0.05) is 11.1 Å². The molecule has 0 saturated heterocycles. The van der Waals surface area contributed by atoms with Gasteiger partial charge in [0.1, 0.15) is 5.75 Å². The van der Waals surface area contributed by atoms with Crippen molar-refractivity contribution in [3.05, 3.63) is 62.6 Å². The van der Waals surface area contributed by atoms with E-state index in [1.165, 1.54) is 16.7 Å². The lowest BCUT2D eigenvalue weighted by Gasteiger charge is -2.17. The summed E-state index contributed by atoms with van der Waals surface area (Å²) in [6.45, 7) is 6.65. The van der Waals surface area contributed by atoms with E-state index in [1.807, 2.05) is 13.0 Å². The predicted molar refractivity (Wildman–Crippen MR) is 94.3 cm³/mol. The molecule has 2 rings (SSSR count). The zero-order valence-corrected chi connectivity index (χ0v) is 15.3. The summed E-state index contributed by atoms with van der Waals surface area (Å²) in [5.41, 5.74) is 4.56. The highest BCUT2D eigenvalue weighted by atomic mass is 79.9. The molecular formula is C17H17BrCl2O. The molecule has 2 aromatic rings. The molecule has 0 radical (unpaired) electrons. The first-order valence-corrected chi connectivity index (χ1v) is 8.44. The summed E-state index contributed by atoms with van der Waals surface area (Å²) < 4.78 is 5.47. The zero-order valence-electron chi connectivity index (χ0n) is 12.2. The molecule has 1 nitrogen and oxygen atoms in total. The molecule has 21 heavy (non-hydrogen) atoms. The molecule has 1 unspecified atom stereocenters. The largest absolute Gasteiger partial charge is 0.492 e. The molecule has 0 aliphatic heterocycles. The third kappa shape index (κ3) is 3.74. The third-order valence-corrected chi connectivity index (χ3v) is 4.94. The van der Waals surface area contributed by atoms with Crippen LogP contribution in [0.5, 0.6) is 5.75 Å². The number of hydrogen-bond acceptors (Lipinski definition) is 1. The fraction of sp³-hybridized carbons (Fsp3) is 0.294. The number of ether oxygens (including phenoxy) is 1. The van der Waals surface area contributed by atoms with Crippen LogP contribution in [0.15, 0.2) is 30.3 Å². The van der Waals surface area contributed by atoms with Crippen LogP contribution < -0.4 is 4.74 Å². The summed E-state index contributed by atoms with van der Waals surface area (Å²) in [6.07, 6.45) is 0. The van der Waals surface area contributed by atoms with Crippen molar-refractivity contribution in [3.63, 3.8) is 0 Å². The number of aryl methyl sites for hydroxylation is 2. The van der Waals surface area contributed by atoms with Gasteiger partial charge in [0.15, 0.2) is 0 Å². The molecule has 0 bridgehead atoms. The second kappa shape index (κ2) is 7.04. The van der Waals surface area contributed by atoms with Crippen LogP contribution in [0.3, 0.4) is 0 Å². The van der Waals surface area contributed by atoms with E-state index in [-0.39, 0.29) is 4.83 Å². The Hall–Kier alpha value is -0.700. The topological polar surface area (TPSA) is 9.23 Å². The Morgan fingerprint density at radius 1 is 1.05 bits per heavy atom. The molecular weight excluding hydrogens is 371 g/mol. The van der Waals surface area contributed by atoms with Gasteiger partial charge in [-0.25, -0.2) is 0 Å². The van der Waals surface area contributed by atoms with Crippen molar-refractivity contribution in [2.75, 3.05) is 6.61 Å². The van der Waals surface area contributed by atoms with Gasteiger partial charge in [-0.05, 0) is 43.5 Å². The van der Waals surface area contributed by atoms with E-state index in [1.54, 1.807) is 6.07 Å². The SMILES string of the molecule is CCOc1cc(Cl)c(C(Br)c2cc(C)ccc2C)cc1Cl. The lowest BCUT2D eigenvalue weighted by atomic mass is 9.98. The molecule has 0 aliphatic carbocycles. The zero-order chi connectivity index (χ0) is 15.6. The van der Waals surface area contributed by atoms with Crippen molar-refractivity contribution in [2.45, 2.75) is 25.6 Å². The molecule has 0 aliphatic rings. The highest BCUT2D eigenvalue weighted by Crippen LogP contribution is 2.41. The van der Waals surface area contributed by atoms with Crippen LogP contribution in [-0.2, 0) is 0 Å². The number of alkyl halides is 1. The molecule has 112 valence electrons. The van der Waals surface area contributed by atoms with Crippen LogP contribution >= 0.6 is 39.1 Å². The lowest BCUT2D eigenvalue weighted by molar-refractivity contribution is 0.340. The minimum atomic E-state index is -0.00178. The van der Waals surface area contributed by atoms with E-state index >= 15 is 0 Å². The Labute approximate surface area is 144 Å². The average molecular weight is 388 g/mol. The van der Waals surface area contributed by atoms with E-state index < -0.39 is 0 Å². The molecule has 0 amide bonds. The number of halogens is 3. The van der Waals surface area contributed by atoms with E-state index in [9.17, 15) is 0 Å². The molecule has 4 heteroatoms. The maximum absolute atomic E-state index is 6.41. The lowest BCUT2D eigenvalue weighted by Crippen LogP contribution is -1.99. The van der Waals surface area contributed by atoms with Crippen LogP contribution in [0.4, 0.5) is 0 Å². The Balaban J connectivity index is 2.46. The molecule has 0 spiro atoms. The Bertz CT molecular complexity index is 655. The van der Waals surface area contributed by atoms with E-state index in [0.717, 1.165) is 5.56 Å². The molecule has 2 aromatic carbocycles. The molecule has 0 fully saturated rings. The third-order valence-electron chi connectivity index (χ3n) is 3.33. The van der Waals surface area contributed by atoms with E-state index in [4.69, 9.17) is 27.9 Å². The van der Waals surface area contributed by atoms with Gasteiger partial charge in [0.25, 0.3) is 0 Å². The van der Waals surface area contributed by atoms with Crippen molar-refractivity contribution in [1.82, 2.24) is 0 Å². The quantitative estimate of drug-likeness (QED) is 0.544. The van der Waals surface area contributed by atoms with Crippen molar-refractivity contribution in [2.24, 2.45) is 0 Å². The van der Waals surface area contributed by atoms with Gasteiger partial charge in [-0.3, -0.25) is 0 Å². The maximum Gasteiger partial charge on any atom is 0.139 e. The van der Waals surface area contributed by atoms with Gasteiger partial charge < -0.3 is 4.74 Å². The second-order valence-corrected chi connectivity index (χ2v) is 6.69. The predicted octanol–water partition coefficient (Wildman–Crippen LogP) is 6.49. The molecule has 0 saturated carbocycles. The highest BCUT2D eigenvalue weighted by Gasteiger charge is 2.18. The number of hydrogen-bond donors (Lipinski definition) is 0. The Morgan fingerprint density at radius 2 is 1.76 bits per heavy atom. The number of rotatable bonds is 4. The van der Waals surface area contributed by atoms with Gasteiger partial charge in [-0.15, -0.1) is 0 Å². The van der Waals surface area contributed by atoms with Crippen LogP contribution in [0.25, 0.3) is 0 Å². The van der Waals surface area contributed by atoms with Crippen LogP contribution in [-0.4, -0.2) is 6.61 Å². The fourth-order valence-electron chi connectivity index (χ4n) is 2.20. The minimum absolute atomic E-state index is 0.00178. The molecule has 0 aromatic heterocycles. The van der Waals surface area contributed by atoms with Gasteiger partial charge >= 0.3 is 0 Å². The second-order valence-electron chi connectivity index (χ2n) is 4.96. The monoisotopic (exact) mass is 386 g/mol. The first-order valence-electron chi connectivity index (χ1n) is 6.77. The van der Waals surface area contributed by atoms with Gasteiger partial charge in [0.05, 0.1) is 16.5 Å². The average Bonchev–Trinajstić information content (AvgIpc) is 2.44. The highest BCUT2D eigenvalue weighted by molar-refractivity contribution is 9.09. The summed E-state index contributed by atoms with van der Waals surface area (Å²) >= 11 is 16.4. The first kappa shape index (κ1) is 16.7. The Kier molecular flexibility index (Phi) is 5.59. The standard InChI is InChI=1S/C17H17BrCl2O/c1-4-21-16-9-14(19)13(8-15(16)20)17(18)12-7-10(2)5-6-11(12)3/h5-9,17H,4H2,1-3H3. The molecule has 0 heterocycles. The normalized spacial score (nSPS) is 12.3. The van der Waals surface area contributed by atoms with Gasteiger partial charge in [0.2, 0.25) is 0 Å². The molecule has 1 atom stereocenters. The maximum atomic E-state index is 6.41. The van der Waals surface area contributed by atoms with Crippen LogP contribution in [0.2, 0.25) is 10.0 Å². The van der Waals surface area contributed by atoms with Crippen molar-refractivity contribution in [1.29, 1.82) is 0 Å². The fourth-order valence-corrected chi connectivity index (χ4v) is 3.70. The summed E-state index contributed by atoms with van der Waals surface area (Å²) in [5.74, 6) is 0.619. The van der Waals surface area contributed by atoms with Gasteiger partial charge in [-0.2, -0.15) is 0 Å². The summed E-state index contributed by atoms with van der Waals surface area (Å²) in [6, 6.07) is 10.0.